The highest BCUT2D eigenvalue weighted by molar-refractivity contribution is 5.95. The van der Waals surface area contributed by atoms with Crippen LogP contribution in [0, 0.1) is 0 Å². The van der Waals surface area contributed by atoms with E-state index in [1.54, 1.807) is 30.3 Å². The molecule has 3 N–H and O–H groups in total. The van der Waals surface area contributed by atoms with E-state index in [-0.39, 0.29) is 12.5 Å². The topological polar surface area (TPSA) is 119 Å². The first kappa shape index (κ1) is 31.1. The molecule has 3 aromatic rings. The van der Waals surface area contributed by atoms with Crippen molar-refractivity contribution in [2.75, 3.05) is 31.1 Å². The number of carboxylic acid groups (broad SMARTS) is 1. The lowest BCUT2D eigenvalue weighted by Crippen LogP contribution is -2.46. The number of carbonyl (C=O) groups is 3. The lowest BCUT2D eigenvalue weighted by molar-refractivity contribution is -0.158. The zero-order valence-electron chi connectivity index (χ0n) is 25.6. The maximum Gasteiger partial charge on any atom is 0.407 e. The normalized spacial score (nSPS) is 16.6. The summed E-state index contributed by atoms with van der Waals surface area (Å²) < 4.78 is 5.33. The number of hydrogen-bond acceptors (Lipinski definition) is 6. The molecule has 2 aliphatic rings. The van der Waals surface area contributed by atoms with Gasteiger partial charge in [0.05, 0.1) is 6.54 Å². The Kier molecular flexibility index (Phi) is 8.97. The summed E-state index contributed by atoms with van der Waals surface area (Å²) in [6.45, 7) is 7.56. The van der Waals surface area contributed by atoms with E-state index in [0.29, 0.717) is 49.6 Å². The van der Waals surface area contributed by atoms with E-state index in [1.807, 2.05) is 60.9 Å². The summed E-state index contributed by atoms with van der Waals surface area (Å²) in [5.41, 5.74) is 2.26. The minimum Gasteiger partial charge on any atom is -0.479 e. The molecule has 0 radical (unpaired) electrons. The number of aliphatic hydroxyl groups is 1. The van der Waals surface area contributed by atoms with Crippen molar-refractivity contribution in [3.05, 3.63) is 101 Å². The number of nitrogens with one attached hydrogen (secondary N) is 1. The highest BCUT2D eigenvalue weighted by Crippen LogP contribution is 2.34. The summed E-state index contributed by atoms with van der Waals surface area (Å²) in [5.74, 6) is -1.05. The largest absolute Gasteiger partial charge is 0.479 e. The number of β-amino-alcohol motifs (C(OH)–C–C–N with tert-alkyl or cyclic N) is 1. The van der Waals surface area contributed by atoms with E-state index in [4.69, 9.17) is 4.74 Å². The summed E-state index contributed by atoms with van der Waals surface area (Å²) in [6.07, 6.45) is 1.92. The molecule has 2 aliphatic heterocycles. The Balaban J connectivity index is 1.21. The van der Waals surface area contributed by atoms with Crippen molar-refractivity contribution in [3.8, 4) is 0 Å². The van der Waals surface area contributed by atoms with Crippen molar-refractivity contribution in [1.82, 2.24) is 10.2 Å². The second kappa shape index (κ2) is 12.7. The molecule has 232 valence electrons. The molecule has 1 fully saturated rings. The maximum atomic E-state index is 13.6. The van der Waals surface area contributed by atoms with Crippen LogP contribution in [-0.4, -0.2) is 64.9 Å². The molecular weight excluding hydrogens is 558 g/mol. The Morgan fingerprint density at radius 3 is 2.34 bits per heavy atom. The van der Waals surface area contributed by atoms with Crippen molar-refractivity contribution in [2.45, 2.75) is 63.7 Å². The van der Waals surface area contributed by atoms with Gasteiger partial charge in [-0.3, -0.25) is 4.79 Å². The van der Waals surface area contributed by atoms with Crippen molar-refractivity contribution >= 4 is 23.7 Å². The summed E-state index contributed by atoms with van der Waals surface area (Å²) in [5, 5.41) is 24.0. The number of likely N-dealkylation sites (tertiary alicyclic amines) is 1. The van der Waals surface area contributed by atoms with Gasteiger partial charge < -0.3 is 30.1 Å². The number of anilines is 1. The number of ether oxygens (including phenoxy) is 1. The Morgan fingerprint density at radius 1 is 0.932 bits per heavy atom. The van der Waals surface area contributed by atoms with Crippen molar-refractivity contribution < 1.29 is 29.3 Å². The van der Waals surface area contributed by atoms with E-state index in [9.17, 15) is 24.6 Å². The molecule has 1 atom stereocenters. The summed E-state index contributed by atoms with van der Waals surface area (Å²) >= 11 is 0. The molecule has 0 saturated carbocycles. The Bertz CT molecular complexity index is 1510. The Hall–Kier alpha value is -4.37. The zero-order chi connectivity index (χ0) is 31.5. The molecule has 1 saturated heterocycles. The van der Waals surface area contributed by atoms with E-state index < -0.39 is 23.3 Å². The molecule has 0 bridgehead atoms. The first-order chi connectivity index (χ1) is 20.9. The highest BCUT2D eigenvalue weighted by atomic mass is 16.6. The van der Waals surface area contributed by atoms with E-state index >= 15 is 0 Å². The molecule has 9 nitrogen and oxygen atoms in total. The van der Waals surface area contributed by atoms with Crippen molar-refractivity contribution in [2.24, 2.45) is 0 Å². The van der Waals surface area contributed by atoms with Crippen LogP contribution in [0.5, 0.6) is 0 Å². The standard InChI is InChI=1S/C35H41N3O6/c1-34(2,3)44-33(42)36-22-24-8-7-9-27(20-24)25-14-17-37(18-15-25)31(39)28-13-12-26-16-19-38(30(26)21-28)23-35(43,32(40)41)29-10-5-4-6-11-29/h4-13,20-21,25,43H,14-19,22-23H2,1-3H3,(H,36,42)(H,40,41). The maximum absolute atomic E-state index is 13.6. The van der Waals surface area contributed by atoms with Crippen LogP contribution in [0.15, 0.2) is 72.8 Å². The number of carbonyl (C=O) groups excluding carboxylic acids is 2. The van der Waals surface area contributed by atoms with Crippen LogP contribution < -0.4 is 10.2 Å². The van der Waals surface area contributed by atoms with Gasteiger partial charge in [0.2, 0.25) is 5.60 Å². The molecule has 0 aliphatic carbocycles. The van der Waals surface area contributed by atoms with Crippen LogP contribution in [0.2, 0.25) is 0 Å². The second-order valence-electron chi connectivity index (χ2n) is 12.7. The van der Waals surface area contributed by atoms with E-state index in [2.05, 4.69) is 17.4 Å². The zero-order valence-corrected chi connectivity index (χ0v) is 25.6. The monoisotopic (exact) mass is 599 g/mol. The summed E-state index contributed by atoms with van der Waals surface area (Å²) in [7, 11) is 0. The molecule has 1 unspecified atom stereocenters. The van der Waals surface area contributed by atoms with Crippen molar-refractivity contribution in [3.63, 3.8) is 0 Å². The molecule has 2 heterocycles. The minimum absolute atomic E-state index is 0.0510. The average Bonchev–Trinajstić information content (AvgIpc) is 3.41. The fourth-order valence-electron chi connectivity index (χ4n) is 6.06. The van der Waals surface area contributed by atoms with Gasteiger partial charge in [-0.15, -0.1) is 0 Å². The van der Waals surface area contributed by atoms with Crippen LogP contribution in [0.4, 0.5) is 10.5 Å². The number of nitrogens with zero attached hydrogens (tertiary/aromatic N) is 2. The van der Waals surface area contributed by atoms with Gasteiger partial charge in [-0.25, -0.2) is 9.59 Å². The van der Waals surface area contributed by atoms with E-state index in [0.717, 1.165) is 29.7 Å². The van der Waals surface area contributed by atoms with Gasteiger partial charge in [-0.05, 0) is 80.3 Å². The van der Waals surface area contributed by atoms with Gasteiger partial charge in [-0.2, -0.15) is 0 Å². The number of carboxylic acids is 1. The molecule has 5 rings (SSSR count). The number of fused-ring (bicyclic) bond motifs is 1. The third kappa shape index (κ3) is 7.05. The molecule has 0 spiro atoms. The number of amides is 2. The first-order valence-corrected chi connectivity index (χ1v) is 15.2. The Morgan fingerprint density at radius 2 is 1.66 bits per heavy atom. The fourth-order valence-corrected chi connectivity index (χ4v) is 6.06. The van der Waals surface area contributed by atoms with Crippen LogP contribution in [0.1, 0.15) is 72.1 Å². The highest BCUT2D eigenvalue weighted by Gasteiger charge is 2.41. The van der Waals surface area contributed by atoms with Crippen LogP contribution in [-0.2, 0) is 28.1 Å². The summed E-state index contributed by atoms with van der Waals surface area (Å²) in [6, 6.07) is 22.2. The van der Waals surface area contributed by atoms with Crippen LogP contribution >= 0.6 is 0 Å². The molecule has 3 aromatic carbocycles. The van der Waals surface area contributed by atoms with Crippen LogP contribution in [0.25, 0.3) is 0 Å². The van der Waals surface area contributed by atoms with Crippen LogP contribution in [0.3, 0.4) is 0 Å². The van der Waals surface area contributed by atoms with Gasteiger partial charge in [-0.1, -0.05) is 60.7 Å². The second-order valence-corrected chi connectivity index (χ2v) is 12.7. The average molecular weight is 600 g/mol. The molecular formula is C35H41N3O6. The third-order valence-electron chi connectivity index (χ3n) is 8.39. The third-order valence-corrected chi connectivity index (χ3v) is 8.39. The number of benzene rings is 3. The Labute approximate surface area is 258 Å². The lowest BCUT2D eigenvalue weighted by Gasteiger charge is -2.33. The number of piperidine rings is 1. The van der Waals surface area contributed by atoms with Gasteiger partial charge >= 0.3 is 12.1 Å². The van der Waals surface area contributed by atoms with E-state index in [1.165, 1.54) is 5.56 Å². The molecule has 0 aromatic heterocycles. The molecule has 2 amide bonds. The quantitative estimate of drug-likeness (QED) is 0.331. The smallest absolute Gasteiger partial charge is 0.407 e. The predicted octanol–water partition coefficient (Wildman–Crippen LogP) is 5.07. The van der Waals surface area contributed by atoms with Gasteiger partial charge in [0.1, 0.15) is 5.60 Å². The number of hydrogen-bond donors (Lipinski definition) is 3. The minimum atomic E-state index is -2.08. The van der Waals surface area contributed by atoms with Gasteiger partial charge in [0.25, 0.3) is 5.91 Å². The predicted molar refractivity (Wildman–Crippen MR) is 168 cm³/mol. The molecule has 9 heteroatoms. The van der Waals surface area contributed by atoms with Crippen molar-refractivity contribution in [1.29, 1.82) is 0 Å². The fraction of sp³-hybridized carbons (Fsp3) is 0.400. The number of aliphatic carboxylic acids is 1. The number of rotatable bonds is 8. The van der Waals surface area contributed by atoms with Gasteiger partial charge in [0.15, 0.2) is 0 Å². The first-order valence-electron chi connectivity index (χ1n) is 15.2. The molecule has 44 heavy (non-hydrogen) atoms. The lowest BCUT2D eigenvalue weighted by atomic mass is 9.88. The van der Waals surface area contributed by atoms with Gasteiger partial charge in [0, 0.05) is 37.4 Å². The number of alkyl carbamates (subject to hydrolysis) is 1. The summed E-state index contributed by atoms with van der Waals surface area (Å²) in [4.78, 5) is 41.6. The SMILES string of the molecule is CC(C)(C)OC(=O)NCc1cccc(C2CCN(C(=O)c3ccc4c(c3)N(CC(O)(C(=O)O)c3ccccc3)CC4)CC2)c1.